The Morgan fingerprint density at radius 3 is 2.75 bits per heavy atom. The van der Waals surface area contributed by atoms with E-state index < -0.39 is 15.8 Å². The van der Waals surface area contributed by atoms with Gasteiger partial charge >= 0.3 is 0 Å². The van der Waals surface area contributed by atoms with Crippen molar-refractivity contribution in [2.45, 2.75) is 11.3 Å². The van der Waals surface area contributed by atoms with Crippen molar-refractivity contribution in [2.75, 3.05) is 19.6 Å². The van der Waals surface area contributed by atoms with E-state index in [0.717, 1.165) is 31.1 Å². The van der Waals surface area contributed by atoms with Gasteiger partial charge in [-0.3, -0.25) is 0 Å². The summed E-state index contributed by atoms with van der Waals surface area (Å²) in [6, 6.07) is 3.89. The topological polar surface area (TPSA) is 58.2 Å². The molecular formula is C12H15BrClFN2O2S. The van der Waals surface area contributed by atoms with Gasteiger partial charge in [0.2, 0.25) is 10.0 Å². The highest BCUT2D eigenvalue weighted by atomic mass is 79.9. The summed E-state index contributed by atoms with van der Waals surface area (Å²) >= 11 is 3.09. The van der Waals surface area contributed by atoms with Gasteiger partial charge in [0.1, 0.15) is 10.7 Å². The Bertz CT molecular complexity index is 607. The fourth-order valence-corrected chi connectivity index (χ4v) is 3.22. The summed E-state index contributed by atoms with van der Waals surface area (Å²) in [5, 5.41) is 3.14. The normalized spacial score (nSPS) is 15.4. The van der Waals surface area contributed by atoms with Crippen LogP contribution in [0.25, 0.3) is 0 Å². The zero-order valence-corrected chi connectivity index (χ0v) is 13.7. The molecule has 0 bridgehead atoms. The minimum Gasteiger partial charge on any atom is -0.313 e. The lowest BCUT2D eigenvalue weighted by atomic mass is 10.1. The highest BCUT2D eigenvalue weighted by Gasteiger charge is 2.19. The molecule has 1 aromatic carbocycles. The van der Waals surface area contributed by atoms with Crippen LogP contribution in [0, 0.1) is 5.82 Å². The van der Waals surface area contributed by atoms with Gasteiger partial charge in [-0.15, -0.1) is 12.4 Å². The fraction of sp³-hybridized carbons (Fsp3) is 0.333. The van der Waals surface area contributed by atoms with Gasteiger partial charge in [0.05, 0.1) is 0 Å². The Morgan fingerprint density at radius 1 is 1.40 bits per heavy atom. The smallest absolute Gasteiger partial charge is 0.243 e. The molecule has 2 N–H and O–H groups in total. The number of benzene rings is 1. The summed E-state index contributed by atoms with van der Waals surface area (Å²) in [5.41, 5.74) is 1.01. The molecule has 0 saturated carbocycles. The van der Waals surface area contributed by atoms with Crippen molar-refractivity contribution in [1.29, 1.82) is 0 Å². The average Bonchev–Trinajstić information content (AvgIpc) is 2.37. The van der Waals surface area contributed by atoms with Crippen LogP contribution in [0.2, 0.25) is 0 Å². The lowest BCUT2D eigenvalue weighted by molar-refractivity contribution is 0.557. The molecule has 20 heavy (non-hydrogen) atoms. The predicted molar refractivity (Wildman–Crippen MR) is 82.1 cm³/mol. The monoisotopic (exact) mass is 384 g/mol. The fourth-order valence-electron chi connectivity index (χ4n) is 1.79. The number of nitrogens with one attached hydrogen (secondary N) is 2. The van der Waals surface area contributed by atoms with Crippen molar-refractivity contribution in [3.63, 3.8) is 0 Å². The first-order chi connectivity index (χ1) is 8.99. The van der Waals surface area contributed by atoms with Crippen LogP contribution in [0.5, 0.6) is 0 Å². The third-order valence-corrected chi connectivity index (χ3v) is 4.76. The molecule has 8 heteroatoms. The van der Waals surface area contributed by atoms with E-state index in [1.165, 1.54) is 12.1 Å². The molecule has 0 spiro atoms. The third kappa shape index (κ3) is 4.53. The Hall–Kier alpha value is -0.470. The van der Waals surface area contributed by atoms with Crippen LogP contribution in [-0.2, 0) is 10.0 Å². The van der Waals surface area contributed by atoms with Crippen LogP contribution in [0.1, 0.15) is 6.42 Å². The zero-order chi connectivity index (χ0) is 13.9. The summed E-state index contributed by atoms with van der Waals surface area (Å²) in [5.74, 6) is -0.763. The second-order valence-electron chi connectivity index (χ2n) is 4.22. The first-order valence-electron chi connectivity index (χ1n) is 5.82. The molecule has 0 saturated heterocycles. The molecule has 0 amide bonds. The maximum Gasteiger partial charge on any atom is 0.243 e. The highest BCUT2D eigenvalue weighted by molar-refractivity contribution is 9.10. The average molecular weight is 386 g/mol. The Balaban J connectivity index is 0.00000200. The minimum atomic E-state index is -3.81. The second kappa shape index (κ2) is 7.51. The van der Waals surface area contributed by atoms with Crippen LogP contribution in [0.4, 0.5) is 4.39 Å². The van der Waals surface area contributed by atoms with Crippen molar-refractivity contribution in [3.8, 4) is 0 Å². The molecule has 1 heterocycles. The van der Waals surface area contributed by atoms with E-state index in [-0.39, 0.29) is 23.8 Å². The SMILES string of the molecule is Cl.O=S(=O)(NCC1=CCNCC1)c1ccc(Br)cc1F. The second-order valence-corrected chi connectivity index (χ2v) is 6.87. The number of halogens is 3. The maximum atomic E-state index is 13.6. The molecule has 0 fully saturated rings. The van der Waals surface area contributed by atoms with E-state index in [0.29, 0.717) is 4.47 Å². The Labute approximate surface area is 132 Å². The van der Waals surface area contributed by atoms with Crippen molar-refractivity contribution < 1.29 is 12.8 Å². The van der Waals surface area contributed by atoms with Crippen LogP contribution >= 0.6 is 28.3 Å². The van der Waals surface area contributed by atoms with Crippen LogP contribution in [0.15, 0.2) is 39.2 Å². The molecule has 4 nitrogen and oxygen atoms in total. The molecule has 0 unspecified atom stereocenters. The van der Waals surface area contributed by atoms with Gasteiger partial charge in [0.15, 0.2) is 0 Å². The first kappa shape index (κ1) is 17.6. The molecule has 1 aromatic rings. The summed E-state index contributed by atoms with van der Waals surface area (Å²) < 4.78 is 40.6. The molecule has 2 rings (SSSR count). The number of rotatable bonds is 4. The largest absolute Gasteiger partial charge is 0.313 e. The Kier molecular flexibility index (Phi) is 6.60. The van der Waals surface area contributed by atoms with Gasteiger partial charge in [-0.25, -0.2) is 17.5 Å². The molecule has 0 aromatic heterocycles. The van der Waals surface area contributed by atoms with Gasteiger partial charge in [0, 0.05) is 17.6 Å². The van der Waals surface area contributed by atoms with Crippen molar-refractivity contribution in [2.24, 2.45) is 0 Å². The van der Waals surface area contributed by atoms with E-state index in [1.54, 1.807) is 0 Å². The molecule has 1 aliphatic rings. The van der Waals surface area contributed by atoms with Gasteiger partial charge in [0.25, 0.3) is 0 Å². The van der Waals surface area contributed by atoms with E-state index in [2.05, 4.69) is 26.0 Å². The minimum absolute atomic E-state index is 0. The molecule has 0 radical (unpaired) electrons. The van der Waals surface area contributed by atoms with E-state index in [4.69, 9.17) is 0 Å². The standard InChI is InChI=1S/C12H14BrFN2O2S.ClH/c13-10-1-2-12(11(14)7-10)19(17,18)16-8-9-3-5-15-6-4-9;/h1-3,7,15-16H,4-6,8H2;1H. The summed E-state index contributed by atoms with van der Waals surface area (Å²) in [7, 11) is -3.81. The molecule has 0 atom stereocenters. The lowest BCUT2D eigenvalue weighted by Crippen LogP contribution is -2.30. The zero-order valence-electron chi connectivity index (χ0n) is 10.5. The predicted octanol–water partition coefficient (Wildman–Crippen LogP) is 2.21. The maximum absolute atomic E-state index is 13.6. The van der Waals surface area contributed by atoms with E-state index in [9.17, 15) is 12.8 Å². The lowest BCUT2D eigenvalue weighted by Gasteiger charge is -2.15. The quantitative estimate of drug-likeness (QED) is 0.781. The van der Waals surface area contributed by atoms with E-state index in [1.807, 2.05) is 6.08 Å². The molecular weight excluding hydrogens is 371 g/mol. The third-order valence-electron chi connectivity index (χ3n) is 2.83. The summed E-state index contributed by atoms with van der Waals surface area (Å²) in [4.78, 5) is -0.328. The van der Waals surface area contributed by atoms with Crippen LogP contribution < -0.4 is 10.0 Å². The number of hydrogen-bond acceptors (Lipinski definition) is 3. The number of sulfonamides is 1. The van der Waals surface area contributed by atoms with Gasteiger partial charge in [-0.1, -0.05) is 27.6 Å². The summed E-state index contributed by atoms with van der Waals surface area (Å²) in [6.45, 7) is 1.80. The van der Waals surface area contributed by atoms with Gasteiger partial charge < -0.3 is 5.32 Å². The van der Waals surface area contributed by atoms with Crippen molar-refractivity contribution >= 4 is 38.4 Å². The van der Waals surface area contributed by atoms with Crippen molar-refractivity contribution in [1.82, 2.24) is 10.0 Å². The Morgan fingerprint density at radius 2 is 2.15 bits per heavy atom. The van der Waals surface area contributed by atoms with Crippen LogP contribution in [-0.4, -0.2) is 28.1 Å². The van der Waals surface area contributed by atoms with Crippen LogP contribution in [0.3, 0.4) is 0 Å². The summed E-state index contributed by atoms with van der Waals surface area (Å²) in [6.07, 6.45) is 2.75. The molecule has 112 valence electrons. The van der Waals surface area contributed by atoms with Gasteiger partial charge in [-0.2, -0.15) is 0 Å². The highest BCUT2D eigenvalue weighted by Crippen LogP contribution is 2.19. The molecule has 1 aliphatic heterocycles. The number of hydrogen-bond donors (Lipinski definition) is 2. The molecule has 0 aliphatic carbocycles. The first-order valence-corrected chi connectivity index (χ1v) is 8.10. The van der Waals surface area contributed by atoms with E-state index >= 15 is 0 Å². The van der Waals surface area contributed by atoms with Crippen molar-refractivity contribution in [3.05, 3.63) is 40.1 Å². The van der Waals surface area contributed by atoms with Gasteiger partial charge in [-0.05, 0) is 31.2 Å².